The van der Waals surface area contributed by atoms with Gasteiger partial charge in [-0.1, -0.05) is 13.8 Å². The average Bonchev–Trinajstić information content (AvgIpc) is 2.63. The molecular formula is C10H21N3O. The molecule has 0 aromatic rings. The fourth-order valence-electron chi connectivity index (χ4n) is 2.17. The molecule has 0 radical (unpaired) electrons. The van der Waals surface area contributed by atoms with Crippen molar-refractivity contribution in [2.75, 3.05) is 13.1 Å². The standard InChI is InChI=1S/C10H21N3O/c1-3-9-5-4-6-13(9)7-8(2)10(14)12-11/h8-9H,3-7,11H2,1-2H3,(H,12,14). The van der Waals surface area contributed by atoms with E-state index in [0.29, 0.717) is 6.04 Å². The summed E-state index contributed by atoms with van der Waals surface area (Å²) in [6.07, 6.45) is 3.71. The first-order chi connectivity index (χ1) is 6.69. The lowest BCUT2D eigenvalue weighted by atomic mass is 10.1. The molecule has 4 heteroatoms. The maximum atomic E-state index is 11.2. The van der Waals surface area contributed by atoms with E-state index in [-0.39, 0.29) is 11.8 Å². The van der Waals surface area contributed by atoms with Crippen molar-refractivity contribution in [3.63, 3.8) is 0 Å². The fraction of sp³-hybridized carbons (Fsp3) is 0.900. The molecule has 14 heavy (non-hydrogen) atoms. The van der Waals surface area contributed by atoms with Crippen molar-refractivity contribution in [2.24, 2.45) is 11.8 Å². The van der Waals surface area contributed by atoms with Crippen LogP contribution in [0.3, 0.4) is 0 Å². The fourth-order valence-corrected chi connectivity index (χ4v) is 2.17. The monoisotopic (exact) mass is 199 g/mol. The SMILES string of the molecule is CCC1CCCN1CC(C)C(=O)NN. The molecule has 0 bridgehead atoms. The van der Waals surface area contributed by atoms with Crippen molar-refractivity contribution >= 4 is 5.91 Å². The minimum atomic E-state index is -0.0632. The van der Waals surface area contributed by atoms with Gasteiger partial charge in [0, 0.05) is 18.5 Å². The zero-order valence-electron chi connectivity index (χ0n) is 9.12. The Labute approximate surface area is 85.8 Å². The van der Waals surface area contributed by atoms with Crippen LogP contribution in [-0.2, 0) is 4.79 Å². The van der Waals surface area contributed by atoms with Crippen LogP contribution in [0, 0.1) is 5.92 Å². The number of carbonyl (C=O) groups is 1. The van der Waals surface area contributed by atoms with Gasteiger partial charge in [-0.2, -0.15) is 0 Å². The number of rotatable bonds is 4. The Balaban J connectivity index is 2.39. The van der Waals surface area contributed by atoms with Gasteiger partial charge in [0.25, 0.3) is 0 Å². The quantitative estimate of drug-likeness (QED) is 0.393. The molecule has 0 aliphatic carbocycles. The summed E-state index contributed by atoms with van der Waals surface area (Å²) in [6.45, 7) is 6.09. The number of amides is 1. The van der Waals surface area contributed by atoms with E-state index >= 15 is 0 Å². The van der Waals surface area contributed by atoms with Crippen LogP contribution in [0.15, 0.2) is 0 Å². The third-order valence-electron chi connectivity index (χ3n) is 3.07. The van der Waals surface area contributed by atoms with E-state index < -0.39 is 0 Å². The largest absolute Gasteiger partial charge is 0.300 e. The molecule has 2 unspecified atom stereocenters. The Morgan fingerprint density at radius 1 is 1.71 bits per heavy atom. The maximum Gasteiger partial charge on any atom is 0.237 e. The average molecular weight is 199 g/mol. The third-order valence-corrected chi connectivity index (χ3v) is 3.07. The summed E-state index contributed by atoms with van der Waals surface area (Å²) in [4.78, 5) is 13.6. The van der Waals surface area contributed by atoms with E-state index in [1.807, 2.05) is 6.92 Å². The van der Waals surface area contributed by atoms with E-state index in [1.54, 1.807) is 0 Å². The lowest BCUT2D eigenvalue weighted by Crippen LogP contribution is -2.41. The Hall–Kier alpha value is -0.610. The number of carbonyl (C=O) groups excluding carboxylic acids is 1. The highest BCUT2D eigenvalue weighted by molar-refractivity contribution is 5.77. The predicted molar refractivity (Wildman–Crippen MR) is 56.4 cm³/mol. The summed E-state index contributed by atoms with van der Waals surface area (Å²) in [5, 5.41) is 0. The van der Waals surface area contributed by atoms with Crippen LogP contribution in [0.1, 0.15) is 33.1 Å². The minimum Gasteiger partial charge on any atom is -0.300 e. The zero-order chi connectivity index (χ0) is 10.6. The highest BCUT2D eigenvalue weighted by Gasteiger charge is 2.25. The van der Waals surface area contributed by atoms with E-state index in [1.165, 1.54) is 19.3 Å². The topological polar surface area (TPSA) is 58.4 Å². The second kappa shape index (κ2) is 5.32. The second-order valence-corrected chi connectivity index (χ2v) is 4.11. The number of hydrogen-bond donors (Lipinski definition) is 2. The van der Waals surface area contributed by atoms with Crippen molar-refractivity contribution < 1.29 is 4.79 Å². The number of likely N-dealkylation sites (tertiary alicyclic amines) is 1. The van der Waals surface area contributed by atoms with Gasteiger partial charge in [0.05, 0.1) is 0 Å². The molecule has 82 valence electrons. The highest BCUT2D eigenvalue weighted by Crippen LogP contribution is 2.20. The zero-order valence-corrected chi connectivity index (χ0v) is 9.12. The summed E-state index contributed by atoms with van der Waals surface area (Å²) >= 11 is 0. The first kappa shape index (κ1) is 11.5. The lowest BCUT2D eigenvalue weighted by Gasteiger charge is -2.25. The van der Waals surface area contributed by atoms with Crippen LogP contribution in [0.2, 0.25) is 0 Å². The molecule has 1 amide bonds. The lowest BCUT2D eigenvalue weighted by molar-refractivity contribution is -0.125. The van der Waals surface area contributed by atoms with Crippen molar-refractivity contribution in [1.82, 2.24) is 10.3 Å². The Kier molecular flexibility index (Phi) is 4.35. The van der Waals surface area contributed by atoms with Gasteiger partial charge < -0.3 is 0 Å². The van der Waals surface area contributed by atoms with Crippen LogP contribution < -0.4 is 11.3 Å². The van der Waals surface area contributed by atoms with Crippen LogP contribution in [-0.4, -0.2) is 29.9 Å². The van der Waals surface area contributed by atoms with Crippen LogP contribution >= 0.6 is 0 Å². The number of nitrogens with zero attached hydrogens (tertiary/aromatic N) is 1. The summed E-state index contributed by atoms with van der Waals surface area (Å²) in [5.41, 5.74) is 2.21. The van der Waals surface area contributed by atoms with Gasteiger partial charge in [-0.3, -0.25) is 15.1 Å². The van der Waals surface area contributed by atoms with Gasteiger partial charge >= 0.3 is 0 Å². The highest BCUT2D eigenvalue weighted by atomic mass is 16.2. The van der Waals surface area contributed by atoms with Crippen molar-refractivity contribution in [2.45, 2.75) is 39.2 Å². The van der Waals surface area contributed by atoms with E-state index in [4.69, 9.17) is 5.84 Å². The summed E-state index contributed by atoms with van der Waals surface area (Å²) in [7, 11) is 0. The van der Waals surface area contributed by atoms with Crippen LogP contribution in [0.25, 0.3) is 0 Å². The second-order valence-electron chi connectivity index (χ2n) is 4.11. The maximum absolute atomic E-state index is 11.2. The molecule has 1 aliphatic heterocycles. The smallest absolute Gasteiger partial charge is 0.237 e. The first-order valence-corrected chi connectivity index (χ1v) is 5.43. The van der Waals surface area contributed by atoms with E-state index in [2.05, 4.69) is 17.2 Å². The van der Waals surface area contributed by atoms with E-state index in [9.17, 15) is 4.79 Å². The Morgan fingerprint density at radius 2 is 2.43 bits per heavy atom. The summed E-state index contributed by atoms with van der Waals surface area (Å²) in [5.74, 6) is 5.03. The number of hydrazine groups is 1. The van der Waals surface area contributed by atoms with Gasteiger partial charge in [-0.05, 0) is 25.8 Å². The molecule has 0 aromatic heterocycles. The molecule has 1 heterocycles. The summed E-state index contributed by atoms with van der Waals surface area (Å²) in [6, 6.07) is 0.669. The van der Waals surface area contributed by atoms with Crippen molar-refractivity contribution in [3.05, 3.63) is 0 Å². The van der Waals surface area contributed by atoms with Crippen molar-refractivity contribution in [3.8, 4) is 0 Å². The van der Waals surface area contributed by atoms with Gasteiger partial charge in [0.1, 0.15) is 0 Å². The van der Waals surface area contributed by atoms with Crippen LogP contribution in [0.4, 0.5) is 0 Å². The van der Waals surface area contributed by atoms with E-state index in [0.717, 1.165) is 13.1 Å². The molecular weight excluding hydrogens is 178 g/mol. The molecule has 1 aliphatic rings. The Bertz CT molecular complexity index is 196. The summed E-state index contributed by atoms with van der Waals surface area (Å²) < 4.78 is 0. The molecule has 0 aromatic carbocycles. The van der Waals surface area contributed by atoms with Crippen LogP contribution in [0.5, 0.6) is 0 Å². The number of hydrogen-bond acceptors (Lipinski definition) is 3. The molecule has 2 atom stereocenters. The molecule has 0 saturated carbocycles. The van der Waals surface area contributed by atoms with Gasteiger partial charge in [-0.25, -0.2) is 5.84 Å². The van der Waals surface area contributed by atoms with Gasteiger partial charge in [-0.15, -0.1) is 0 Å². The third kappa shape index (κ3) is 2.69. The molecule has 0 spiro atoms. The molecule has 3 N–H and O–H groups in total. The predicted octanol–water partition coefficient (Wildman–Crippen LogP) is 0.487. The van der Waals surface area contributed by atoms with Gasteiger partial charge in [0.15, 0.2) is 0 Å². The number of nitrogens with two attached hydrogens (primary N) is 1. The van der Waals surface area contributed by atoms with Crippen molar-refractivity contribution in [1.29, 1.82) is 0 Å². The minimum absolute atomic E-state index is 0.00727. The molecule has 1 saturated heterocycles. The molecule has 4 nitrogen and oxygen atoms in total. The van der Waals surface area contributed by atoms with Gasteiger partial charge in [0.2, 0.25) is 5.91 Å². The molecule has 1 fully saturated rings. The first-order valence-electron chi connectivity index (χ1n) is 5.43. The Morgan fingerprint density at radius 3 is 3.00 bits per heavy atom. The number of nitrogens with one attached hydrogen (secondary N) is 1. The molecule has 1 rings (SSSR count). The normalized spacial score (nSPS) is 24.9.